The lowest BCUT2D eigenvalue weighted by Crippen LogP contribution is -1.98. The molecule has 0 aliphatic carbocycles. The summed E-state index contributed by atoms with van der Waals surface area (Å²) in [7, 11) is 2.24. The van der Waals surface area contributed by atoms with Gasteiger partial charge < -0.3 is 0 Å². The Morgan fingerprint density at radius 3 is 2.00 bits per heavy atom. The third-order valence-electron chi connectivity index (χ3n) is 2.64. The average molecular weight is 178 g/mol. The second-order valence-corrected chi connectivity index (χ2v) is 4.66. The van der Waals surface area contributed by atoms with Crippen LogP contribution in [-0.2, 0) is 0 Å². The van der Waals surface area contributed by atoms with Crippen molar-refractivity contribution >= 4 is 7.85 Å². The van der Waals surface area contributed by atoms with Crippen molar-refractivity contribution < 1.29 is 0 Å². The minimum atomic E-state index is 0.643. The van der Waals surface area contributed by atoms with E-state index in [-0.39, 0.29) is 0 Å². The van der Waals surface area contributed by atoms with E-state index in [1.54, 1.807) is 0 Å². The predicted octanol–water partition coefficient (Wildman–Crippen LogP) is 3.37. The molecule has 0 N–H and O–H groups in total. The van der Waals surface area contributed by atoms with Gasteiger partial charge >= 0.3 is 0 Å². The molecule has 1 heteroatoms. The van der Waals surface area contributed by atoms with Crippen molar-refractivity contribution in [2.24, 2.45) is 5.92 Å². The molecule has 0 aromatic carbocycles. The molecule has 0 saturated carbocycles. The summed E-state index contributed by atoms with van der Waals surface area (Å²) in [6.45, 7) is 15.3. The van der Waals surface area contributed by atoms with Gasteiger partial charge in [-0.1, -0.05) is 44.3 Å². The predicted molar refractivity (Wildman–Crippen MR) is 64.9 cm³/mol. The Morgan fingerprint density at radius 1 is 1.23 bits per heavy atom. The van der Waals surface area contributed by atoms with E-state index in [0.29, 0.717) is 11.7 Å². The highest BCUT2D eigenvalue weighted by molar-refractivity contribution is 6.11. The Hall–Kier alpha value is -0.455. The third kappa shape index (κ3) is 4.35. The van der Waals surface area contributed by atoms with E-state index in [0.717, 1.165) is 6.42 Å². The first-order chi connectivity index (χ1) is 5.86. The van der Waals surface area contributed by atoms with Gasteiger partial charge in [0, 0.05) is 0 Å². The standard InChI is InChI=1S/C12H23B/c1-8(2)11(5)12(6)9(3)7-10(4)13/h8,10H,3,7,13H2,1-2,4-6H3/b12-11+. The van der Waals surface area contributed by atoms with Crippen LogP contribution in [0.4, 0.5) is 0 Å². The maximum absolute atomic E-state index is 4.14. The Labute approximate surface area is 84.5 Å². The fourth-order valence-corrected chi connectivity index (χ4v) is 1.36. The van der Waals surface area contributed by atoms with Gasteiger partial charge in [-0.05, 0) is 31.8 Å². The highest BCUT2D eigenvalue weighted by Crippen LogP contribution is 2.24. The monoisotopic (exact) mass is 178 g/mol. The fourth-order valence-electron chi connectivity index (χ4n) is 1.36. The molecular formula is C12H23B. The lowest BCUT2D eigenvalue weighted by molar-refractivity contribution is 0.753. The Kier molecular flexibility index (Phi) is 5.13. The Bertz CT molecular complexity index is 209. The molecule has 0 heterocycles. The molecule has 0 aliphatic rings. The SMILES string of the molecule is BC(C)CC(=C)/C(C)=C(\C)C(C)C. The van der Waals surface area contributed by atoms with Crippen molar-refractivity contribution in [3.8, 4) is 0 Å². The quantitative estimate of drug-likeness (QED) is 0.457. The van der Waals surface area contributed by atoms with Crippen LogP contribution in [0.1, 0.15) is 41.0 Å². The molecule has 1 unspecified atom stereocenters. The van der Waals surface area contributed by atoms with Gasteiger partial charge in [0.1, 0.15) is 7.85 Å². The molecule has 0 aromatic heterocycles. The zero-order valence-corrected chi connectivity index (χ0v) is 10.1. The molecule has 74 valence electrons. The second kappa shape index (κ2) is 5.31. The van der Waals surface area contributed by atoms with Gasteiger partial charge in [0.15, 0.2) is 0 Å². The van der Waals surface area contributed by atoms with E-state index in [1.807, 2.05) is 0 Å². The highest BCUT2D eigenvalue weighted by Gasteiger charge is 2.06. The van der Waals surface area contributed by atoms with Crippen molar-refractivity contribution in [2.75, 3.05) is 0 Å². The van der Waals surface area contributed by atoms with E-state index in [2.05, 4.69) is 49.0 Å². The first-order valence-corrected chi connectivity index (χ1v) is 5.21. The smallest absolute Gasteiger partial charge is 0.0956 e. The van der Waals surface area contributed by atoms with Crippen LogP contribution in [0, 0.1) is 5.92 Å². The summed E-state index contributed by atoms with van der Waals surface area (Å²) in [5, 5.41) is 0. The van der Waals surface area contributed by atoms with E-state index in [9.17, 15) is 0 Å². The van der Waals surface area contributed by atoms with Gasteiger partial charge in [-0.15, -0.1) is 0 Å². The molecule has 0 aromatic rings. The van der Waals surface area contributed by atoms with Crippen LogP contribution in [-0.4, -0.2) is 7.85 Å². The van der Waals surface area contributed by atoms with Crippen LogP contribution in [0.15, 0.2) is 23.3 Å². The van der Waals surface area contributed by atoms with E-state index >= 15 is 0 Å². The summed E-state index contributed by atoms with van der Waals surface area (Å²) in [6.07, 6.45) is 1.12. The largest absolute Gasteiger partial charge is 0.105 e. The van der Waals surface area contributed by atoms with Gasteiger partial charge in [0.25, 0.3) is 0 Å². The molecule has 0 aliphatic heterocycles. The van der Waals surface area contributed by atoms with Crippen LogP contribution in [0.5, 0.6) is 0 Å². The molecule has 1 atom stereocenters. The van der Waals surface area contributed by atoms with Crippen molar-refractivity contribution in [1.29, 1.82) is 0 Å². The lowest BCUT2D eigenvalue weighted by atomic mass is 9.81. The van der Waals surface area contributed by atoms with E-state index in [1.165, 1.54) is 16.7 Å². The minimum absolute atomic E-state index is 0.643. The summed E-state index contributed by atoms with van der Waals surface area (Å²) in [5.74, 6) is 1.35. The van der Waals surface area contributed by atoms with Crippen LogP contribution in [0.3, 0.4) is 0 Å². The number of rotatable bonds is 4. The normalized spacial score (nSPS) is 15.5. The molecule has 0 spiro atoms. The first-order valence-electron chi connectivity index (χ1n) is 5.21. The van der Waals surface area contributed by atoms with Crippen LogP contribution < -0.4 is 0 Å². The van der Waals surface area contributed by atoms with Crippen molar-refractivity contribution in [1.82, 2.24) is 0 Å². The van der Waals surface area contributed by atoms with Crippen molar-refractivity contribution in [3.63, 3.8) is 0 Å². The average Bonchev–Trinajstić information content (AvgIpc) is 2.00. The molecule has 0 saturated heterocycles. The van der Waals surface area contributed by atoms with Gasteiger partial charge in [-0.3, -0.25) is 0 Å². The summed E-state index contributed by atoms with van der Waals surface area (Å²) in [5.41, 5.74) is 4.19. The molecular weight excluding hydrogens is 155 g/mol. The number of hydrogen-bond donors (Lipinski definition) is 0. The van der Waals surface area contributed by atoms with Crippen LogP contribution in [0.25, 0.3) is 0 Å². The Morgan fingerprint density at radius 2 is 1.69 bits per heavy atom. The van der Waals surface area contributed by atoms with E-state index < -0.39 is 0 Å². The van der Waals surface area contributed by atoms with Gasteiger partial charge in [0.05, 0.1) is 0 Å². The molecule has 0 rings (SSSR count). The number of allylic oxidation sites excluding steroid dienone is 3. The lowest BCUT2D eigenvalue weighted by Gasteiger charge is -2.15. The van der Waals surface area contributed by atoms with E-state index in [4.69, 9.17) is 0 Å². The zero-order valence-electron chi connectivity index (χ0n) is 10.1. The fraction of sp³-hybridized carbons (Fsp3) is 0.667. The topological polar surface area (TPSA) is 0 Å². The minimum Gasteiger partial charge on any atom is -0.0956 e. The molecule has 13 heavy (non-hydrogen) atoms. The summed E-state index contributed by atoms with van der Waals surface area (Å²) in [4.78, 5) is 0. The van der Waals surface area contributed by atoms with Gasteiger partial charge in [0.2, 0.25) is 0 Å². The van der Waals surface area contributed by atoms with Crippen LogP contribution >= 0.6 is 0 Å². The maximum atomic E-state index is 4.14. The van der Waals surface area contributed by atoms with Crippen molar-refractivity contribution in [2.45, 2.75) is 46.9 Å². The number of hydrogen-bond acceptors (Lipinski definition) is 0. The Balaban J connectivity index is 4.49. The maximum Gasteiger partial charge on any atom is 0.105 e. The van der Waals surface area contributed by atoms with Crippen molar-refractivity contribution in [3.05, 3.63) is 23.3 Å². The molecule has 0 nitrogen and oxygen atoms in total. The zero-order chi connectivity index (χ0) is 10.6. The summed E-state index contributed by atoms with van der Waals surface area (Å²) < 4.78 is 0. The molecule has 0 amide bonds. The summed E-state index contributed by atoms with van der Waals surface area (Å²) in [6, 6.07) is 0. The first kappa shape index (κ1) is 12.5. The van der Waals surface area contributed by atoms with Gasteiger partial charge in [-0.25, -0.2) is 0 Å². The molecule has 0 radical (unpaired) electrons. The van der Waals surface area contributed by atoms with Gasteiger partial charge in [-0.2, -0.15) is 0 Å². The summed E-state index contributed by atoms with van der Waals surface area (Å²) >= 11 is 0. The molecule has 0 fully saturated rings. The third-order valence-corrected chi connectivity index (χ3v) is 2.64. The highest BCUT2D eigenvalue weighted by atomic mass is 14.1. The second-order valence-electron chi connectivity index (χ2n) is 4.66. The van der Waals surface area contributed by atoms with Crippen LogP contribution in [0.2, 0.25) is 5.82 Å². The molecule has 0 bridgehead atoms.